The van der Waals surface area contributed by atoms with Crippen molar-refractivity contribution in [3.63, 3.8) is 0 Å². The zero-order valence-corrected chi connectivity index (χ0v) is 18.4. The third-order valence-electron chi connectivity index (χ3n) is 5.40. The Hall–Kier alpha value is -2.97. The van der Waals surface area contributed by atoms with Gasteiger partial charge in [0.2, 0.25) is 11.7 Å². The number of rotatable bonds is 9. The fourth-order valence-corrected chi connectivity index (χ4v) is 3.57. The van der Waals surface area contributed by atoms with Crippen LogP contribution in [0, 0.1) is 5.82 Å². The largest absolute Gasteiger partial charge is 0.489 e. The predicted octanol–water partition coefficient (Wildman–Crippen LogP) is 4.10. The van der Waals surface area contributed by atoms with Gasteiger partial charge in [-0.2, -0.15) is 4.39 Å². The van der Waals surface area contributed by atoms with Gasteiger partial charge in [-0.25, -0.2) is 13.8 Å². The molecule has 0 aliphatic carbocycles. The van der Waals surface area contributed by atoms with E-state index in [0.29, 0.717) is 31.7 Å². The number of carbonyl (C=O) groups is 1. The zero-order chi connectivity index (χ0) is 23.3. The highest BCUT2D eigenvalue weighted by Crippen LogP contribution is 2.30. The molecule has 32 heavy (non-hydrogen) atoms. The van der Waals surface area contributed by atoms with Crippen LogP contribution in [0.25, 0.3) is 0 Å². The van der Waals surface area contributed by atoms with Crippen LogP contribution in [0.3, 0.4) is 0 Å². The molecule has 0 N–H and O–H groups in total. The molecule has 6 nitrogen and oxygen atoms in total. The van der Waals surface area contributed by atoms with E-state index in [1.807, 2.05) is 31.2 Å². The first kappa shape index (κ1) is 23.7. The summed E-state index contributed by atoms with van der Waals surface area (Å²) in [6.07, 6.45) is -0.386. The summed E-state index contributed by atoms with van der Waals surface area (Å²) in [6.45, 7) is 2.11. The SMILES string of the molecule is C[C@H](CC(=O)N(C)C)c1ccc(OC2CCN(c3ccnc(OCC(F)F)c3F)C2)cc1. The maximum atomic E-state index is 14.6. The lowest BCUT2D eigenvalue weighted by atomic mass is 9.97. The van der Waals surface area contributed by atoms with Crippen molar-refractivity contribution in [2.24, 2.45) is 0 Å². The van der Waals surface area contributed by atoms with E-state index in [1.165, 1.54) is 12.3 Å². The van der Waals surface area contributed by atoms with Crippen molar-refractivity contribution in [3.05, 3.63) is 47.9 Å². The number of amides is 1. The van der Waals surface area contributed by atoms with Crippen LogP contribution in [0.4, 0.5) is 18.9 Å². The molecule has 0 saturated carbocycles. The number of alkyl halides is 2. The van der Waals surface area contributed by atoms with Gasteiger partial charge in [0.15, 0.2) is 6.61 Å². The fraction of sp³-hybridized carbons (Fsp3) is 0.478. The van der Waals surface area contributed by atoms with Crippen molar-refractivity contribution in [3.8, 4) is 11.6 Å². The molecule has 0 bridgehead atoms. The number of aromatic nitrogens is 1. The molecule has 1 aromatic carbocycles. The normalized spacial score (nSPS) is 16.8. The highest BCUT2D eigenvalue weighted by atomic mass is 19.3. The standard InChI is InChI=1S/C23H28F3N3O3/c1-15(12-21(30)28(2)3)16-4-6-17(7-5-16)32-18-9-11-29(13-18)19-8-10-27-23(22(19)26)31-14-20(24)25/h4-8,10,15,18,20H,9,11-14H2,1-3H3/t15-,18?/m1/s1. The van der Waals surface area contributed by atoms with Gasteiger partial charge in [0.25, 0.3) is 12.3 Å². The molecule has 1 fully saturated rings. The minimum Gasteiger partial charge on any atom is -0.489 e. The highest BCUT2D eigenvalue weighted by Gasteiger charge is 2.27. The molecule has 1 aliphatic heterocycles. The van der Waals surface area contributed by atoms with E-state index in [1.54, 1.807) is 23.9 Å². The predicted molar refractivity (Wildman–Crippen MR) is 115 cm³/mol. The smallest absolute Gasteiger partial charge is 0.272 e. The number of carbonyl (C=O) groups excluding carboxylic acids is 1. The van der Waals surface area contributed by atoms with E-state index >= 15 is 0 Å². The van der Waals surface area contributed by atoms with Crippen LogP contribution in [-0.4, -0.2) is 62.1 Å². The number of hydrogen-bond acceptors (Lipinski definition) is 5. The van der Waals surface area contributed by atoms with Crippen LogP contribution < -0.4 is 14.4 Å². The monoisotopic (exact) mass is 451 g/mol. The third-order valence-corrected chi connectivity index (χ3v) is 5.40. The first-order chi connectivity index (χ1) is 15.2. The molecule has 1 aliphatic rings. The summed E-state index contributed by atoms with van der Waals surface area (Å²) in [5.74, 6) is -0.306. The maximum absolute atomic E-state index is 14.6. The van der Waals surface area contributed by atoms with E-state index in [4.69, 9.17) is 9.47 Å². The van der Waals surface area contributed by atoms with Gasteiger partial charge in [0, 0.05) is 39.7 Å². The second kappa shape index (κ2) is 10.6. The lowest BCUT2D eigenvalue weighted by Crippen LogP contribution is -2.25. The number of ether oxygens (including phenoxy) is 2. The fourth-order valence-electron chi connectivity index (χ4n) is 3.57. The summed E-state index contributed by atoms with van der Waals surface area (Å²) in [5, 5.41) is 0. The van der Waals surface area contributed by atoms with Gasteiger partial charge in [-0.05, 0) is 29.7 Å². The minimum absolute atomic E-state index is 0.0787. The molecule has 2 heterocycles. The summed E-state index contributed by atoms with van der Waals surface area (Å²) >= 11 is 0. The number of benzene rings is 1. The van der Waals surface area contributed by atoms with Crippen LogP contribution in [0.2, 0.25) is 0 Å². The highest BCUT2D eigenvalue weighted by molar-refractivity contribution is 5.76. The molecule has 3 rings (SSSR count). The van der Waals surface area contributed by atoms with Gasteiger partial charge in [-0.3, -0.25) is 4.79 Å². The van der Waals surface area contributed by atoms with Gasteiger partial charge in [0.05, 0.1) is 12.2 Å². The summed E-state index contributed by atoms with van der Waals surface area (Å²) < 4.78 is 50.2. The number of nitrogens with zero attached hydrogens (tertiary/aromatic N) is 3. The summed E-state index contributed by atoms with van der Waals surface area (Å²) in [4.78, 5) is 19.0. The van der Waals surface area contributed by atoms with Crippen LogP contribution in [-0.2, 0) is 4.79 Å². The first-order valence-electron chi connectivity index (χ1n) is 10.5. The van der Waals surface area contributed by atoms with Gasteiger partial charge >= 0.3 is 0 Å². The maximum Gasteiger partial charge on any atom is 0.272 e. The third kappa shape index (κ3) is 6.05. The molecular weight excluding hydrogens is 423 g/mol. The van der Waals surface area contributed by atoms with Crippen molar-refractivity contribution < 1.29 is 27.4 Å². The minimum atomic E-state index is -2.70. The molecule has 0 spiro atoms. The summed E-state index contributed by atoms with van der Waals surface area (Å²) in [6, 6.07) is 9.14. The Morgan fingerprint density at radius 2 is 1.97 bits per heavy atom. The van der Waals surface area contributed by atoms with E-state index in [0.717, 1.165) is 5.56 Å². The van der Waals surface area contributed by atoms with E-state index in [-0.39, 0.29) is 23.6 Å². The van der Waals surface area contributed by atoms with Gasteiger partial charge in [0.1, 0.15) is 11.9 Å². The molecule has 1 unspecified atom stereocenters. The van der Waals surface area contributed by atoms with Crippen molar-refractivity contribution in [2.75, 3.05) is 38.7 Å². The van der Waals surface area contributed by atoms with Crippen molar-refractivity contribution in [1.82, 2.24) is 9.88 Å². The van der Waals surface area contributed by atoms with Crippen molar-refractivity contribution >= 4 is 11.6 Å². The molecule has 9 heteroatoms. The Balaban J connectivity index is 1.57. The van der Waals surface area contributed by atoms with Gasteiger partial charge in [-0.1, -0.05) is 19.1 Å². The topological polar surface area (TPSA) is 54.9 Å². The average molecular weight is 451 g/mol. The molecule has 174 valence electrons. The molecule has 0 radical (unpaired) electrons. The van der Waals surface area contributed by atoms with E-state index in [9.17, 15) is 18.0 Å². The Morgan fingerprint density at radius 3 is 2.62 bits per heavy atom. The Labute approximate surface area is 185 Å². The van der Waals surface area contributed by atoms with Crippen molar-refractivity contribution in [1.29, 1.82) is 0 Å². The van der Waals surface area contributed by atoms with Crippen molar-refractivity contribution in [2.45, 2.75) is 38.2 Å². The molecule has 1 aromatic heterocycles. The molecule has 1 saturated heterocycles. The first-order valence-corrected chi connectivity index (χ1v) is 10.5. The molecule has 2 aromatic rings. The van der Waals surface area contributed by atoms with Crippen LogP contribution in [0.1, 0.15) is 31.2 Å². The lowest BCUT2D eigenvalue weighted by Gasteiger charge is -2.20. The van der Waals surface area contributed by atoms with E-state index in [2.05, 4.69) is 4.98 Å². The average Bonchev–Trinajstić information content (AvgIpc) is 3.21. The van der Waals surface area contributed by atoms with Gasteiger partial charge < -0.3 is 19.3 Å². The molecule has 2 atom stereocenters. The van der Waals surface area contributed by atoms with Gasteiger partial charge in [-0.15, -0.1) is 0 Å². The lowest BCUT2D eigenvalue weighted by molar-refractivity contribution is -0.129. The number of hydrogen-bond donors (Lipinski definition) is 0. The van der Waals surface area contributed by atoms with Crippen LogP contribution >= 0.6 is 0 Å². The Kier molecular flexibility index (Phi) is 7.82. The second-order valence-electron chi connectivity index (χ2n) is 8.09. The number of anilines is 1. The Bertz CT molecular complexity index is 909. The quantitative estimate of drug-likeness (QED) is 0.575. The second-order valence-corrected chi connectivity index (χ2v) is 8.09. The zero-order valence-electron chi connectivity index (χ0n) is 18.4. The van der Waals surface area contributed by atoms with Crippen LogP contribution in [0.15, 0.2) is 36.5 Å². The molecule has 1 amide bonds. The number of pyridine rings is 1. The number of halogens is 3. The summed E-state index contributed by atoms with van der Waals surface area (Å²) in [7, 11) is 3.48. The van der Waals surface area contributed by atoms with Crippen LogP contribution in [0.5, 0.6) is 11.6 Å². The summed E-state index contributed by atoms with van der Waals surface area (Å²) in [5.41, 5.74) is 1.31. The Morgan fingerprint density at radius 1 is 1.25 bits per heavy atom. The molecular formula is C23H28F3N3O3. The van der Waals surface area contributed by atoms with E-state index < -0.39 is 24.7 Å².